The van der Waals surface area contributed by atoms with Gasteiger partial charge in [0.2, 0.25) is 10.0 Å². The number of aliphatic hydroxyl groups is 1. The second-order valence-corrected chi connectivity index (χ2v) is 21.3. The van der Waals surface area contributed by atoms with E-state index in [-0.39, 0.29) is 33.3 Å². The molecule has 2 N–H and O–H groups in total. The smallest absolute Gasteiger partial charge is 0.264 e. The summed E-state index contributed by atoms with van der Waals surface area (Å²) >= 11 is 12.4. The highest BCUT2D eigenvalue weighted by Gasteiger charge is 2.52. The van der Waals surface area contributed by atoms with Gasteiger partial charge in [0.25, 0.3) is 5.91 Å². The maximum absolute atomic E-state index is 13.5. The van der Waals surface area contributed by atoms with Crippen LogP contribution in [-0.2, 0) is 21.9 Å². The Bertz CT molecular complexity index is 1690. The molecule has 3 heterocycles. The average Bonchev–Trinajstić information content (AvgIpc) is 3.23. The Hall–Kier alpha value is -1.12. The molecule has 2 aromatic rings. The van der Waals surface area contributed by atoms with Crippen LogP contribution in [0.5, 0.6) is 5.75 Å². The number of fused-ring (bicyclic) bond motifs is 4. The Balaban J connectivity index is 0.00000139. The van der Waals surface area contributed by atoms with Crippen molar-refractivity contribution in [3.05, 3.63) is 70.3 Å². The third-order valence-corrected chi connectivity index (χ3v) is 16.8. The van der Waals surface area contributed by atoms with Crippen molar-refractivity contribution in [3.63, 3.8) is 0 Å². The third-order valence-electron chi connectivity index (χ3n) is 11.4. The molecule has 2 fully saturated rings. The van der Waals surface area contributed by atoms with E-state index >= 15 is 0 Å². The topological polar surface area (TPSA) is 95.9 Å². The van der Waals surface area contributed by atoms with E-state index in [0.29, 0.717) is 31.9 Å². The highest BCUT2D eigenvalue weighted by atomic mass is 127. The van der Waals surface area contributed by atoms with Gasteiger partial charge in [-0.15, -0.1) is 23.5 Å². The number of thioether (sulfide) groups is 2. The summed E-state index contributed by atoms with van der Waals surface area (Å²) in [5, 5.41) is 12.6. The quantitative estimate of drug-likeness (QED) is 0.168. The number of nitrogens with zero attached hydrogens (tertiary/aromatic N) is 1. The van der Waals surface area contributed by atoms with Gasteiger partial charge < -0.3 is 14.7 Å². The number of sulfonamides is 1. The van der Waals surface area contributed by atoms with Crippen molar-refractivity contribution >= 4 is 79.3 Å². The van der Waals surface area contributed by atoms with Gasteiger partial charge in [-0.25, -0.2) is 13.1 Å². The minimum absolute atomic E-state index is 0.0302. The first-order valence-electron chi connectivity index (χ1n) is 18.0. The van der Waals surface area contributed by atoms with Crippen molar-refractivity contribution in [1.82, 2.24) is 4.72 Å². The van der Waals surface area contributed by atoms with Gasteiger partial charge in [-0.3, -0.25) is 4.79 Å². The van der Waals surface area contributed by atoms with Crippen molar-refractivity contribution in [3.8, 4) is 5.75 Å². The van der Waals surface area contributed by atoms with Gasteiger partial charge in [-0.05, 0) is 127 Å². The number of carbonyl (C=O) groups excluding carboxylic acids is 1. The largest absolute Gasteiger partial charge is 0.490 e. The summed E-state index contributed by atoms with van der Waals surface area (Å²) in [7, 11) is -3.95. The number of amides is 1. The van der Waals surface area contributed by atoms with Crippen LogP contribution < -0.4 is 14.4 Å². The average molecular weight is 873 g/mol. The van der Waals surface area contributed by atoms with E-state index in [2.05, 4.69) is 51.3 Å². The van der Waals surface area contributed by atoms with Crippen molar-refractivity contribution in [2.24, 2.45) is 17.8 Å². The van der Waals surface area contributed by atoms with Crippen molar-refractivity contribution < 1.29 is 23.1 Å². The molecule has 5 aliphatic rings. The zero-order valence-electron chi connectivity index (χ0n) is 29.2. The highest BCUT2D eigenvalue weighted by Crippen LogP contribution is 2.53. The Labute approximate surface area is 325 Å². The number of anilines is 1. The second kappa shape index (κ2) is 16.1. The molecule has 1 saturated carbocycles. The molecule has 1 saturated heterocycles. The summed E-state index contributed by atoms with van der Waals surface area (Å²) in [5.74, 6) is 2.18. The standard InChI is InChI=1S/C36H45ClN2O5S3.C2H5I/c1-23-6-3-15-36(41,34-45-16-5-17-46-34)30-11-8-27(30)20-39-21-35(14-4-7-25-18-28(37)10-12-29(25)35)22-44-32-13-9-26(19-31(32)39)33(40)38-47(42,43)24(23)2;1-2-3/h3,9-10,12-13,15,18-19,23-24,27,30,34,41H,4-8,11,14,16-17,20-22H2,1-2H3,(H,38,40);2H2,1H3/b15-3+;/t23-,24+,27-,30+,35-,36-;/m0./s1. The lowest BCUT2D eigenvalue weighted by Crippen LogP contribution is -2.55. The number of nitrogens with one attached hydrogen (secondary N) is 1. The number of hydrogen-bond acceptors (Lipinski definition) is 8. The molecular weight excluding hydrogens is 823 g/mol. The predicted molar refractivity (Wildman–Crippen MR) is 218 cm³/mol. The molecule has 2 aromatic carbocycles. The third kappa shape index (κ3) is 7.88. The van der Waals surface area contributed by atoms with Crippen LogP contribution in [0.15, 0.2) is 48.6 Å². The Morgan fingerprint density at radius 1 is 1.12 bits per heavy atom. The zero-order chi connectivity index (χ0) is 35.7. The number of carbonyl (C=O) groups is 1. The van der Waals surface area contributed by atoms with E-state index in [1.54, 1.807) is 19.1 Å². The minimum Gasteiger partial charge on any atom is -0.490 e. The summed E-state index contributed by atoms with van der Waals surface area (Å²) in [6, 6.07) is 11.5. The maximum Gasteiger partial charge on any atom is 0.264 e. The number of halogens is 2. The van der Waals surface area contributed by atoms with Crippen molar-refractivity contribution in [2.75, 3.05) is 40.5 Å². The summed E-state index contributed by atoms with van der Waals surface area (Å²) in [5.41, 5.74) is 2.32. The fourth-order valence-corrected chi connectivity index (χ4v) is 13.0. The highest BCUT2D eigenvalue weighted by molar-refractivity contribution is 14.1. The molecule has 0 aromatic heterocycles. The fourth-order valence-electron chi connectivity index (χ4n) is 8.32. The van der Waals surface area contributed by atoms with E-state index in [4.69, 9.17) is 16.3 Å². The molecule has 50 heavy (non-hydrogen) atoms. The zero-order valence-corrected chi connectivity index (χ0v) is 34.6. The van der Waals surface area contributed by atoms with Crippen molar-refractivity contribution in [2.45, 2.75) is 86.6 Å². The number of rotatable bonds is 1. The Kier molecular flexibility index (Phi) is 12.4. The first-order chi connectivity index (χ1) is 23.9. The fraction of sp³-hybridized carbons (Fsp3) is 0.605. The predicted octanol–water partition coefficient (Wildman–Crippen LogP) is 8.25. The van der Waals surface area contributed by atoms with E-state index in [1.807, 2.05) is 54.7 Å². The van der Waals surface area contributed by atoms with Crippen LogP contribution in [0, 0.1) is 17.8 Å². The maximum atomic E-state index is 13.5. The summed E-state index contributed by atoms with van der Waals surface area (Å²) in [6.07, 6.45) is 10.5. The van der Waals surface area contributed by atoms with Gasteiger partial charge in [0.1, 0.15) is 11.4 Å². The van der Waals surface area contributed by atoms with Gasteiger partial charge >= 0.3 is 0 Å². The van der Waals surface area contributed by atoms with Crippen LogP contribution in [0.2, 0.25) is 5.02 Å². The molecule has 2 aliphatic carbocycles. The second-order valence-electron chi connectivity index (χ2n) is 14.6. The van der Waals surface area contributed by atoms with E-state index in [9.17, 15) is 18.3 Å². The van der Waals surface area contributed by atoms with Gasteiger partial charge in [-0.1, -0.05) is 66.3 Å². The van der Waals surface area contributed by atoms with Crippen LogP contribution in [0.1, 0.15) is 80.8 Å². The van der Waals surface area contributed by atoms with Crippen LogP contribution in [-0.4, -0.2) is 70.5 Å². The first kappa shape index (κ1) is 38.6. The van der Waals surface area contributed by atoms with E-state index in [0.717, 1.165) is 60.7 Å². The number of ether oxygens (including phenoxy) is 1. The molecule has 274 valence electrons. The van der Waals surface area contributed by atoms with E-state index in [1.165, 1.54) is 15.6 Å². The molecule has 3 aliphatic heterocycles. The molecular formula is C38H50ClIN2O5S3. The van der Waals surface area contributed by atoms with Gasteiger partial charge in [-0.2, -0.15) is 0 Å². The van der Waals surface area contributed by atoms with Crippen LogP contribution in [0.3, 0.4) is 0 Å². The summed E-state index contributed by atoms with van der Waals surface area (Å²) in [4.78, 5) is 15.9. The van der Waals surface area contributed by atoms with Crippen LogP contribution in [0.4, 0.5) is 5.69 Å². The molecule has 1 spiro atoms. The molecule has 0 radical (unpaired) electrons. The Morgan fingerprint density at radius 3 is 2.60 bits per heavy atom. The SMILES string of the molecule is CCI.C[C@@H]1[C@@H](C)C/C=C/[C@@](O)(C2SCCCS2)[C@@H]2CC[C@H]2CN2C[C@@]3(CCCc4cc(Cl)ccc43)COc3ccc(cc32)C(=O)NS1(=O)=O. The molecule has 7 nitrogen and oxygen atoms in total. The van der Waals surface area contributed by atoms with Gasteiger partial charge in [0, 0.05) is 29.1 Å². The molecule has 2 bridgehead atoms. The molecule has 7 rings (SSSR count). The van der Waals surface area contributed by atoms with E-state index < -0.39 is 26.8 Å². The van der Waals surface area contributed by atoms with Crippen LogP contribution in [0.25, 0.3) is 0 Å². The molecule has 12 heteroatoms. The normalized spacial score (nSPS) is 33.2. The van der Waals surface area contributed by atoms with Crippen molar-refractivity contribution in [1.29, 1.82) is 0 Å². The van der Waals surface area contributed by atoms with Gasteiger partial charge in [0.15, 0.2) is 0 Å². The monoisotopic (exact) mass is 872 g/mol. The van der Waals surface area contributed by atoms with Gasteiger partial charge in [0.05, 0.1) is 22.1 Å². The molecule has 1 amide bonds. The molecule has 6 atom stereocenters. The van der Waals surface area contributed by atoms with Crippen LogP contribution >= 0.6 is 57.7 Å². The molecule has 0 unspecified atom stereocenters. The lowest BCUT2D eigenvalue weighted by atomic mass is 9.64. The summed E-state index contributed by atoms with van der Waals surface area (Å²) in [6.45, 7) is 7.55. The first-order valence-corrected chi connectivity index (χ1v) is 23.5. The number of allylic oxidation sites excluding steroid dienone is 1. The Morgan fingerprint density at radius 2 is 1.88 bits per heavy atom. The lowest BCUT2D eigenvalue weighted by Gasteiger charge is -2.51. The number of hydrogen-bond donors (Lipinski definition) is 2. The minimum atomic E-state index is -3.95. The lowest BCUT2D eigenvalue weighted by molar-refractivity contribution is -0.0333. The number of alkyl halides is 1. The number of benzene rings is 2. The number of aryl methyl sites for hydroxylation is 1. The summed E-state index contributed by atoms with van der Waals surface area (Å²) < 4.78 is 37.1.